The Kier molecular flexibility index (Phi) is 5.32. The second-order valence-electron chi connectivity index (χ2n) is 8.11. The third-order valence-corrected chi connectivity index (χ3v) is 6.26. The van der Waals surface area contributed by atoms with Gasteiger partial charge in [0.25, 0.3) is 0 Å². The van der Waals surface area contributed by atoms with Crippen LogP contribution in [0.5, 0.6) is 0 Å². The third kappa shape index (κ3) is 3.43. The number of aromatic nitrogens is 1. The van der Waals surface area contributed by atoms with Crippen molar-refractivity contribution in [3.63, 3.8) is 0 Å². The summed E-state index contributed by atoms with van der Waals surface area (Å²) in [7, 11) is 1.88. The maximum atomic E-state index is 13.6. The number of aryl methyl sites for hydroxylation is 1. The lowest BCUT2D eigenvalue weighted by Gasteiger charge is -2.20. The lowest BCUT2D eigenvalue weighted by atomic mass is 9.82. The van der Waals surface area contributed by atoms with Gasteiger partial charge in [-0.1, -0.05) is 66.4 Å². The molecule has 4 nitrogen and oxygen atoms in total. The fourth-order valence-electron chi connectivity index (χ4n) is 4.85. The van der Waals surface area contributed by atoms with Crippen LogP contribution in [0.1, 0.15) is 45.6 Å². The summed E-state index contributed by atoms with van der Waals surface area (Å²) >= 11 is 0. The molecule has 1 aliphatic carbocycles. The molecule has 0 saturated heterocycles. The van der Waals surface area contributed by atoms with E-state index >= 15 is 0 Å². The highest BCUT2D eigenvalue weighted by atomic mass is 16.5. The topological polar surface area (TPSA) is 48.3 Å². The van der Waals surface area contributed by atoms with Gasteiger partial charge in [-0.3, -0.25) is 9.59 Å². The molecule has 33 heavy (non-hydrogen) atoms. The Hall–Kier alpha value is -4.10. The van der Waals surface area contributed by atoms with E-state index in [1.54, 1.807) is 6.92 Å². The fourth-order valence-corrected chi connectivity index (χ4v) is 4.85. The zero-order valence-electron chi connectivity index (χ0n) is 18.5. The van der Waals surface area contributed by atoms with Gasteiger partial charge < -0.3 is 9.30 Å². The maximum Gasteiger partial charge on any atom is 0.317 e. The van der Waals surface area contributed by atoms with Crippen LogP contribution in [-0.4, -0.2) is 22.9 Å². The number of ketones is 1. The van der Waals surface area contributed by atoms with Gasteiger partial charge in [-0.05, 0) is 42.3 Å². The van der Waals surface area contributed by atoms with E-state index in [-0.39, 0.29) is 12.4 Å². The Balaban J connectivity index is 1.73. The molecule has 162 valence electrons. The molecule has 0 radical (unpaired) electrons. The summed E-state index contributed by atoms with van der Waals surface area (Å²) in [6.45, 7) is 1.98. The van der Waals surface area contributed by atoms with E-state index in [1.165, 1.54) is 0 Å². The van der Waals surface area contributed by atoms with Crippen LogP contribution in [-0.2, 0) is 16.6 Å². The van der Waals surface area contributed by atoms with Gasteiger partial charge in [0.05, 0.1) is 12.3 Å². The molecule has 0 fully saturated rings. The minimum atomic E-state index is -0.926. The second kappa shape index (κ2) is 8.44. The SMILES string of the molecule is CCOC(=O)[C@@H]1C(=O)c2c(c3ccccc3n2C)[C@H]1c1ccccc1C#Cc1ccccc1. The first-order chi connectivity index (χ1) is 16.1. The predicted molar refractivity (Wildman–Crippen MR) is 128 cm³/mol. The largest absolute Gasteiger partial charge is 0.465 e. The average Bonchev–Trinajstić information content (AvgIpc) is 3.31. The van der Waals surface area contributed by atoms with Crippen LogP contribution < -0.4 is 0 Å². The minimum Gasteiger partial charge on any atom is -0.465 e. The van der Waals surface area contributed by atoms with Gasteiger partial charge in [0.2, 0.25) is 0 Å². The van der Waals surface area contributed by atoms with E-state index in [9.17, 15) is 9.59 Å². The summed E-state index contributed by atoms with van der Waals surface area (Å²) in [6, 6.07) is 25.5. The van der Waals surface area contributed by atoms with Crippen LogP contribution in [0.25, 0.3) is 10.9 Å². The molecule has 4 heteroatoms. The molecule has 0 N–H and O–H groups in total. The number of hydrogen-bond acceptors (Lipinski definition) is 3. The number of para-hydroxylation sites is 1. The van der Waals surface area contributed by atoms with Gasteiger partial charge in [0.1, 0.15) is 5.92 Å². The molecule has 1 heterocycles. The quantitative estimate of drug-likeness (QED) is 0.257. The molecule has 4 aromatic rings. The highest BCUT2D eigenvalue weighted by molar-refractivity contribution is 6.16. The minimum absolute atomic E-state index is 0.196. The molecule has 1 aliphatic rings. The van der Waals surface area contributed by atoms with Gasteiger partial charge >= 0.3 is 5.97 Å². The van der Waals surface area contributed by atoms with E-state index in [1.807, 2.05) is 90.5 Å². The number of fused-ring (bicyclic) bond motifs is 3. The van der Waals surface area contributed by atoms with Crippen molar-refractivity contribution in [2.75, 3.05) is 6.61 Å². The molecular formula is C29H23NO3. The molecule has 2 atom stereocenters. The van der Waals surface area contributed by atoms with Crippen LogP contribution in [0.15, 0.2) is 78.9 Å². The van der Waals surface area contributed by atoms with Crippen LogP contribution in [0, 0.1) is 17.8 Å². The third-order valence-electron chi connectivity index (χ3n) is 6.26. The zero-order chi connectivity index (χ0) is 22.9. The van der Waals surface area contributed by atoms with Gasteiger partial charge in [-0.25, -0.2) is 0 Å². The Bertz CT molecular complexity index is 1440. The predicted octanol–water partition coefficient (Wildman–Crippen LogP) is 5.09. The number of Topliss-reactive ketones (excluding diaryl/α,β-unsaturated/α-hetero) is 1. The van der Waals surface area contributed by atoms with E-state index in [4.69, 9.17) is 4.74 Å². The van der Waals surface area contributed by atoms with Crippen molar-refractivity contribution in [3.8, 4) is 11.8 Å². The number of esters is 1. The zero-order valence-corrected chi connectivity index (χ0v) is 18.5. The van der Waals surface area contributed by atoms with Crippen LogP contribution in [0.4, 0.5) is 0 Å². The first-order valence-electron chi connectivity index (χ1n) is 11.1. The maximum absolute atomic E-state index is 13.6. The smallest absolute Gasteiger partial charge is 0.317 e. The Labute approximate surface area is 192 Å². The van der Waals surface area contributed by atoms with Gasteiger partial charge in [0, 0.05) is 35.0 Å². The average molecular weight is 434 g/mol. The van der Waals surface area contributed by atoms with Crippen molar-refractivity contribution in [3.05, 3.63) is 107 Å². The van der Waals surface area contributed by atoms with Crippen molar-refractivity contribution in [1.29, 1.82) is 0 Å². The second-order valence-corrected chi connectivity index (χ2v) is 8.11. The monoisotopic (exact) mass is 433 g/mol. The van der Waals surface area contributed by atoms with Crippen molar-refractivity contribution in [2.45, 2.75) is 12.8 Å². The summed E-state index contributed by atoms with van der Waals surface area (Å²) in [5.74, 6) is 4.42. The van der Waals surface area contributed by atoms with Crippen LogP contribution in [0.2, 0.25) is 0 Å². The van der Waals surface area contributed by atoms with Crippen LogP contribution in [0.3, 0.4) is 0 Å². The number of benzene rings is 3. The first-order valence-corrected chi connectivity index (χ1v) is 11.1. The summed E-state index contributed by atoms with van der Waals surface area (Å²) < 4.78 is 7.26. The summed E-state index contributed by atoms with van der Waals surface area (Å²) in [6.07, 6.45) is 0. The van der Waals surface area contributed by atoms with Gasteiger partial charge in [-0.2, -0.15) is 0 Å². The van der Waals surface area contributed by atoms with Crippen molar-refractivity contribution < 1.29 is 14.3 Å². The lowest BCUT2D eigenvalue weighted by Crippen LogP contribution is -2.28. The molecule has 0 amide bonds. The Morgan fingerprint density at radius 3 is 2.42 bits per heavy atom. The summed E-state index contributed by atoms with van der Waals surface area (Å²) in [4.78, 5) is 26.7. The lowest BCUT2D eigenvalue weighted by molar-refractivity contribution is -0.146. The Morgan fingerprint density at radius 2 is 1.64 bits per heavy atom. The molecule has 0 aliphatic heterocycles. The molecule has 0 saturated carbocycles. The summed E-state index contributed by atoms with van der Waals surface area (Å²) in [5.41, 5.74) is 4.99. The van der Waals surface area contributed by atoms with E-state index < -0.39 is 17.8 Å². The first kappa shape index (κ1) is 20.8. The number of rotatable bonds is 3. The van der Waals surface area contributed by atoms with E-state index in [2.05, 4.69) is 11.8 Å². The number of ether oxygens (including phenoxy) is 1. The number of carbonyl (C=O) groups is 2. The molecule has 5 rings (SSSR count). The fraction of sp³-hybridized carbons (Fsp3) is 0.172. The van der Waals surface area contributed by atoms with Crippen molar-refractivity contribution in [2.24, 2.45) is 13.0 Å². The number of nitrogens with zero attached hydrogens (tertiary/aromatic N) is 1. The van der Waals surface area contributed by atoms with Gasteiger partial charge in [0.15, 0.2) is 5.78 Å². The molecule has 3 aromatic carbocycles. The highest BCUT2D eigenvalue weighted by Gasteiger charge is 2.49. The van der Waals surface area contributed by atoms with E-state index in [0.717, 1.165) is 33.2 Å². The summed E-state index contributed by atoms with van der Waals surface area (Å²) in [5, 5.41) is 0.978. The van der Waals surface area contributed by atoms with Crippen molar-refractivity contribution in [1.82, 2.24) is 4.57 Å². The van der Waals surface area contributed by atoms with E-state index in [0.29, 0.717) is 5.69 Å². The number of carbonyl (C=O) groups excluding carboxylic acids is 2. The molecule has 0 unspecified atom stereocenters. The number of hydrogen-bond donors (Lipinski definition) is 0. The molecular weight excluding hydrogens is 410 g/mol. The standard InChI is InChI=1S/C29H23NO3/c1-3-33-29(32)26-24(25-22-15-9-10-16-23(22)30(2)27(25)28(26)31)21-14-8-7-13-20(21)18-17-19-11-5-4-6-12-19/h4-16,24,26H,3H2,1-2H3/t24-,26+/m1/s1. The molecule has 1 aromatic heterocycles. The normalized spacial score (nSPS) is 16.8. The van der Waals surface area contributed by atoms with Crippen molar-refractivity contribution >= 4 is 22.7 Å². The van der Waals surface area contributed by atoms with Crippen LogP contribution >= 0.6 is 0 Å². The molecule has 0 bridgehead atoms. The molecule has 0 spiro atoms. The highest BCUT2D eigenvalue weighted by Crippen LogP contribution is 2.48. The Morgan fingerprint density at radius 1 is 0.939 bits per heavy atom. The van der Waals surface area contributed by atoms with Gasteiger partial charge in [-0.15, -0.1) is 0 Å².